The van der Waals surface area contributed by atoms with Crippen molar-refractivity contribution in [2.24, 2.45) is 4.99 Å². The number of thioether (sulfide) groups is 1. The van der Waals surface area contributed by atoms with Gasteiger partial charge in [0.2, 0.25) is 5.91 Å². The fourth-order valence-electron chi connectivity index (χ4n) is 2.83. The normalized spacial score (nSPS) is 16.4. The molecule has 0 spiro atoms. The quantitative estimate of drug-likeness (QED) is 0.658. The van der Waals surface area contributed by atoms with E-state index in [4.69, 9.17) is 11.6 Å². The highest BCUT2D eigenvalue weighted by atomic mass is 35.5. The molecule has 28 heavy (non-hydrogen) atoms. The van der Waals surface area contributed by atoms with Gasteiger partial charge in [-0.2, -0.15) is 0 Å². The summed E-state index contributed by atoms with van der Waals surface area (Å²) in [4.78, 5) is 36.1. The number of rotatable bonds is 5. The van der Waals surface area contributed by atoms with Crippen molar-refractivity contribution in [2.75, 3.05) is 5.32 Å². The van der Waals surface area contributed by atoms with Gasteiger partial charge in [0.1, 0.15) is 16.9 Å². The standard InChI is InChI=1S/C19H14ClFN4O2S/c20-11-7-10(5-6-12(11)21)22-17(26)8-15-19(27)25-18(28-15)9-16-23-13-3-1-2-4-14(13)24-16/h1-7,15H,8-9H2,(H,22,26)(H,23,24)/t15-/m1/s1. The number of benzene rings is 2. The number of nitrogens with zero attached hydrogens (tertiary/aromatic N) is 2. The Kier molecular flexibility index (Phi) is 5.15. The maximum absolute atomic E-state index is 13.2. The molecule has 0 bridgehead atoms. The molecule has 142 valence electrons. The lowest BCUT2D eigenvalue weighted by Gasteiger charge is -2.08. The van der Waals surface area contributed by atoms with Gasteiger partial charge in [-0.3, -0.25) is 9.59 Å². The lowest BCUT2D eigenvalue weighted by atomic mass is 10.2. The van der Waals surface area contributed by atoms with Crippen molar-refractivity contribution >= 4 is 56.9 Å². The maximum Gasteiger partial charge on any atom is 0.260 e. The number of nitrogens with one attached hydrogen (secondary N) is 2. The lowest BCUT2D eigenvalue weighted by Crippen LogP contribution is -2.21. The summed E-state index contributed by atoms with van der Waals surface area (Å²) in [6, 6.07) is 11.5. The van der Waals surface area contributed by atoms with Crippen LogP contribution in [0.2, 0.25) is 5.02 Å². The molecule has 0 saturated heterocycles. The largest absolute Gasteiger partial charge is 0.342 e. The first-order valence-electron chi connectivity index (χ1n) is 8.44. The Labute approximate surface area is 168 Å². The van der Waals surface area contributed by atoms with Crippen LogP contribution in [0.4, 0.5) is 10.1 Å². The molecule has 1 atom stereocenters. The Bertz CT molecular complexity index is 1080. The van der Waals surface area contributed by atoms with Crippen LogP contribution in [0.15, 0.2) is 47.5 Å². The van der Waals surface area contributed by atoms with Gasteiger partial charge < -0.3 is 10.3 Å². The van der Waals surface area contributed by atoms with Gasteiger partial charge in [0.15, 0.2) is 0 Å². The molecular formula is C19H14ClFN4O2S. The van der Waals surface area contributed by atoms with Crippen molar-refractivity contribution < 1.29 is 14.0 Å². The van der Waals surface area contributed by atoms with E-state index in [-0.39, 0.29) is 23.3 Å². The third kappa shape index (κ3) is 4.07. The Morgan fingerprint density at radius 1 is 1.29 bits per heavy atom. The van der Waals surface area contributed by atoms with Crippen LogP contribution in [0.1, 0.15) is 12.2 Å². The first-order valence-corrected chi connectivity index (χ1v) is 9.70. The predicted molar refractivity (Wildman–Crippen MR) is 108 cm³/mol. The summed E-state index contributed by atoms with van der Waals surface area (Å²) in [5.74, 6) is -0.562. The second kappa shape index (κ2) is 7.73. The molecule has 1 aromatic heterocycles. The van der Waals surface area contributed by atoms with E-state index in [0.717, 1.165) is 11.0 Å². The van der Waals surface area contributed by atoms with E-state index >= 15 is 0 Å². The summed E-state index contributed by atoms with van der Waals surface area (Å²) in [6.07, 6.45) is 0.363. The number of aliphatic imine (C=N–C) groups is 1. The summed E-state index contributed by atoms with van der Waals surface area (Å²) < 4.78 is 13.2. The van der Waals surface area contributed by atoms with Crippen molar-refractivity contribution in [3.05, 3.63) is 59.1 Å². The summed E-state index contributed by atoms with van der Waals surface area (Å²) >= 11 is 6.97. The molecule has 2 aromatic carbocycles. The summed E-state index contributed by atoms with van der Waals surface area (Å²) in [5, 5.41) is 2.56. The molecule has 0 aliphatic carbocycles. The number of hydrogen-bond acceptors (Lipinski definition) is 4. The molecule has 2 amide bonds. The van der Waals surface area contributed by atoms with Gasteiger partial charge in [0, 0.05) is 12.1 Å². The number of anilines is 1. The zero-order valence-electron chi connectivity index (χ0n) is 14.4. The van der Waals surface area contributed by atoms with E-state index in [1.807, 2.05) is 24.3 Å². The van der Waals surface area contributed by atoms with Gasteiger partial charge in [-0.25, -0.2) is 14.4 Å². The molecule has 3 aromatic rings. The lowest BCUT2D eigenvalue weighted by molar-refractivity contribution is -0.121. The Morgan fingerprint density at radius 2 is 2.11 bits per heavy atom. The van der Waals surface area contributed by atoms with Crippen molar-refractivity contribution in [3.63, 3.8) is 0 Å². The first-order chi connectivity index (χ1) is 13.5. The second-order valence-electron chi connectivity index (χ2n) is 6.21. The van der Waals surface area contributed by atoms with Gasteiger partial charge in [-0.15, -0.1) is 0 Å². The molecule has 4 rings (SSSR count). The number of carbonyl (C=O) groups excluding carboxylic acids is 2. The average molecular weight is 417 g/mol. The maximum atomic E-state index is 13.2. The number of imidazole rings is 1. The average Bonchev–Trinajstić information content (AvgIpc) is 3.21. The van der Waals surface area contributed by atoms with Gasteiger partial charge in [-0.05, 0) is 30.3 Å². The smallest absolute Gasteiger partial charge is 0.260 e. The molecule has 9 heteroatoms. The zero-order valence-corrected chi connectivity index (χ0v) is 16.0. The highest BCUT2D eigenvalue weighted by Gasteiger charge is 2.30. The SMILES string of the molecule is O=C(C[C@H]1SC(Cc2nc3ccccc3[nH]2)=NC1=O)Nc1ccc(F)c(Cl)c1. The zero-order chi connectivity index (χ0) is 19.7. The number of carbonyl (C=O) groups is 2. The molecule has 2 heterocycles. The van der Waals surface area contributed by atoms with Crippen LogP contribution in [0.5, 0.6) is 0 Å². The molecule has 1 aliphatic rings. The summed E-state index contributed by atoms with van der Waals surface area (Å²) in [7, 11) is 0. The van der Waals surface area contributed by atoms with Crippen LogP contribution in [0, 0.1) is 5.82 Å². The van der Waals surface area contributed by atoms with E-state index < -0.39 is 11.1 Å². The van der Waals surface area contributed by atoms with Crippen LogP contribution in [-0.4, -0.2) is 32.1 Å². The molecule has 0 saturated carbocycles. The molecule has 1 aliphatic heterocycles. The number of fused-ring (bicyclic) bond motifs is 1. The van der Waals surface area contributed by atoms with Crippen LogP contribution in [0.3, 0.4) is 0 Å². The number of amides is 2. The molecule has 0 unspecified atom stereocenters. The van der Waals surface area contributed by atoms with Crippen molar-refractivity contribution in [1.82, 2.24) is 9.97 Å². The van der Waals surface area contributed by atoms with Crippen LogP contribution in [0.25, 0.3) is 11.0 Å². The number of halogens is 2. The monoisotopic (exact) mass is 416 g/mol. The van der Waals surface area contributed by atoms with E-state index in [9.17, 15) is 14.0 Å². The number of aromatic nitrogens is 2. The molecule has 2 N–H and O–H groups in total. The minimum absolute atomic E-state index is 0.0361. The number of para-hydroxylation sites is 2. The van der Waals surface area contributed by atoms with E-state index in [2.05, 4.69) is 20.3 Å². The minimum Gasteiger partial charge on any atom is -0.342 e. The van der Waals surface area contributed by atoms with E-state index in [1.165, 1.54) is 30.0 Å². The highest BCUT2D eigenvalue weighted by molar-refractivity contribution is 8.15. The minimum atomic E-state index is -0.588. The van der Waals surface area contributed by atoms with Crippen LogP contribution < -0.4 is 5.32 Å². The van der Waals surface area contributed by atoms with Crippen LogP contribution in [-0.2, 0) is 16.0 Å². The molecule has 0 radical (unpaired) electrons. The predicted octanol–water partition coefficient (Wildman–Crippen LogP) is 3.97. The highest BCUT2D eigenvalue weighted by Crippen LogP contribution is 2.28. The number of H-pyrrole nitrogens is 1. The second-order valence-corrected chi connectivity index (χ2v) is 7.89. The number of aromatic amines is 1. The topological polar surface area (TPSA) is 87.2 Å². The van der Waals surface area contributed by atoms with Crippen LogP contribution >= 0.6 is 23.4 Å². The van der Waals surface area contributed by atoms with Crippen molar-refractivity contribution in [3.8, 4) is 0 Å². The Balaban J connectivity index is 1.36. The van der Waals surface area contributed by atoms with E-state index in [0.29, 0.717) is 23.0 Å². The summed E-state index contributed by atoms with van der Waals surface area (Å²) in [5.41, 5.74) is 2.14. The number of hydrogen-bond donors (Lipinski definition) is 2. The summed E-state index contributed by atoms with van der Waals surface area (Å²) in [6.45, 7) is 0. The van der Waals surface area contributed by atoms with E-state index in [1.54, 1.807) is 0 Å². The molecular weight excluding hydrogens is 403 g/mol. The van der Waals surface area contributed by atoms with Crippen molar-refractivity contribution in [1.29, 1.82) is 0 Å². The van der Waals surface area contributed by atoms with Gasteiger partial charge >= 0.3 is 0 Å². The van der Waals surface area contributed by atoms with Gasteiger partial charge in [0.25, 0.3) is 5.91 Å². The van der Waals surface area contributed by atoms with Crippen molar-refractivity contribution in [2.45, 2.75) is 18.1 Å². The fourth-order valence-corrected chi connectivity index (χ4v) is 4.09. The first kappa shape index (κ1) is 18.6. The fraction of sp³-hybridized carbons (Fsp3) is 0.158. The Morgan fingerprint density at radius 3 is 2.89 bits per heavy atom. The van der Waals surface area contributed by atoms with Gasteiger partial charge in [-0.1, -0.05) is 35.5 Å². The molecule has 0 fully saturated rings. The molecule has 6 nitrogen and oxygen atoms in total. The third-order valence-electron chi connectivity index (χ3n) is 4.12. The third-order valence-corrected chi connectivity index (χ3v) is 5.57. The van der Waals surface area contributed by atoms with Gasteiger partial charge in [0.05, 0.1) is 27.5 Å². The Hall–Kier alpha value is -2.71.